The summed E-state index contributed by atoms with van der Waals surface area (Å²) >= 11 is 0. The van der Waals surface area contributed by atoms with Crippen LogP contribution in [0.5, 0.6) is 0 Å². The van der Waals surface area contributed by atoms with Gasteiger partial charge in [0.1, 0.15) is 6.15 Å². The second kappa shape index (κ2) is 9.02. The van der Waals surface area contributed by atoms with E-state index in [1.165, 1.54) is 28.9 Å². The molecule has 0 saturated carbocycles. The summed E-state index contributed by atoms with van der Waals surface area (Å²) in [6.45, 7) is 0. The zero-order valence-electron chi connectivity index (χ0n) is 15.7. The van der Waals surface area contributed by atoms with Gasteiger partial charge >= 0.3 is 0 Å². The Morgan fingerprint density at radius 3 is 0.741 bits per heavy atom. The van der Waals surface area contributed by atoms with Crippen molar-refractivity contribution >= 4 is 28.0 Å². The van der Waals surface area contributed by atoms with E-state index in [0.29, 0.717) is 0 Å². The Morgan fingerprint density at radius 2 is 0.556 bits per heavy atom. The largest absolute Gasteiger partial charge is 0.333 e. The lowest BCUT2D eigenvalue weighted by Crippen LogP contribution is -2.74. The molecule has 2 heteroatoms. The zero-order chi connectivity index (χ0) is 19.0. The molecule has 134 valence electrons. The van der Waals surface area contributed by atoms with Gasteiger partial charge in [-0.1, -0.05) is 121 Å². The van der Waals surface area contributed by atoms with Crippen molar-refractivity contribution in [2.75, 3.05) is 7.05 Å². The first kappa shape index (κ1) is 18.7. The molecule has 1 nitrogen and oxygen atoms in total. The summed E-state index contributed by atoms with van der Waals surface area (Å²) in [6, 6.07) is 43.5. The van der Waals surface area contributed by atoms with Crippen LogP contribution in [-0.2, 0) is 0 Å². The van der Waals surface area contributed by atoms with Gasteiger partial charge in [-0.25, -0.2) is 0 Å². The smallest absolute Gasteiger partial charge is 0.108 e. The molecule has 0 aliphatic heterocycles. The lowest BCUT2D eigenvalue weighted by Gasteiger charge is -2.44. The number of rotatable bonds is 4. The average molecular weight is 350 g/mol. The van der Waals surface area contributed by atoms with Gasteiger partial charge in [0.25, 0.3) is 0 Å². The van der Waals surface area contributed by atoms with Gasteiger partial charge in [-0.3, -0.25) is 0 Å². The summed E-state index contributed by atoms with van der Waals surface area (Å²) < 4.78 is 0. The maximum Gasteiger partial charge on any atom is 0.108 e. The number of hydrogen-bond donors (Lipinski definition) is 1. The molecule has 0 unspecified atom stereocenters. The van der Waals surface area contributed by atoms with E-state index in [9.17, 15) is 0 Å². The fourth-order valence-corrected chi connectivity index (χ4v) is 4.12. The average Bonchev–Trinajstić information content (AvgIpc) is 2.79. The molecular formula is C25H25BN-. The molecule has 4 aromatic carbocycles. The van der Waals surface area contributed by atoms with Gasteiger partial charge in [0.05, 0.1) is 0 Å². The van der Waals surface area contributed by atoms with E-state index >= 15 is 0 Å². The van der Waals surface area contributed by atoms with Crippen LogP contribution in [0.15, 0.2) is 121 Å². The molecule has 0 amide bonds. The van der Waals surface area contributed by atoms with Crippen molar-refractivity contribution in [3.8, 4) is 0 Å². The maximum absolute atomic E-state index is 4.50. The Labute approximate surface area is 162 Å². The normalized spacial score (nSPS) is 10.6. The van der Waals surface area contributed by atoms with E-state index in [-0.39, 0.29) is 0 Å². The van der Waals surface area contributed by atoms with E-state index in [0.717, 1.165) is 0 Å². The lowest BCUT2D eigenvalue weighted by molar-refractivity contribution is 1.48. The van der Waals surface area contributed by atoms with Gasteiger partial charge < -0.3 is 5.73 Å². The Morgan fingerprint density at radius 1 is 0.370 bits per heavy atom. The summed E-state index contributed by atoms with van der Waals surface area (Å²) in [5, 5.41) is 0. The molecule has 0 aliphatic rings. The molecule has 2 N–H and O–H groups in total. The SMILES string of the molecule is CN.c1ccc([B-](c2ccccc2)(c2ccccc2)c2ccccc2)cc1. The molecule has 0 bridgehead atoms. The molecule has 0 saturated heterocycles. The minimum absolute atomic E-state index is 1.22. The van der Waals surface area contributed by atoms with Crippen LogP contribution in [0.4, 0.5) is 0 Å². The third kappa shape index (κ3) is 3.58. The Hall–Kier alpha value is -3.10. The van der Waals surface area contributed by atoms with Crippen LogP contribution in [0, 0.1) is 0 Å². The molecular weight excluding hydrogens is 325 g/mol. The van der Waals surface area contributed by atoms with Crippen LogP contribution in [-0.4, -0.2) is 13.2 Å². The number of hydrogen-bond acceptors (Lipinski definition) is 1. The summed E-state index contributed by atoms with van der Waals surface area (Å²) in [7, 11) is 1.50. The maximum atomic E-state index is 4.50. The van der Waals surface area contributed by atoms with Crippen molar-refractivity contribution in [1.82, 2.24) is 0 Å². The molecule has 0 fully saturated rings. The van der Waals surface area contributed by atoms with Crippen molar-refractivity contribution in [2.45, 2.75) is 0 Å². The Bertz CT molecular complexity index is 759. The van der Waals surface area contributed by atoms with Crippen LogP contribution >= 0.6 is 0 Å². The van der Waals surface area contributed by atoms with Crippen LogP contribution < -0.4 is 27.6 Å². The van der Waals surface area contributed by atoms with Gasteiger partial charge in [0, 0.05) is 0 Å². The Balaban J connectivity index is 0.00000102. The van der Waals surface area contributed by atoms with E-state index in [1.54, 1.807) is 0 Å². The predicted octanol–water partition coefficient (Wildman–Crippen LogP) is 2.64. The molecule has 0 radical (unpaired) electrons. The molecule has 4 rings (SSSR count). The molecule has 4 aromatic rings. The van der Waals surface area contributed by atoms with E-state index in [1.807, 2.05) is 0 Å². The van der Waals surface area contributed by atoms with Gasteiger partial charge in [-0.05, 0) is 7.05 Å². The topological polar surface area (TPSA) is 26.0 Å². The predicted molar refractivity (Wildman–Crippen MR) is 120 cm³/mol. The van der Waals surface area contributed by atoms with E-state index in [4.69, 9.17) is 0 Å². The minimum Gasteiger partial charge on any atom is -0.333 e. The van der Waals surface area contributed by atoms with Crippen molar-refractivity contribution in [3.63, 3.8) is 0 Å². The quantitative estimate of drug-likeness (QED) is 0.563. The van der Waals surface area contributed by atoms with Crippen LogP contribution in [0.3, 0.4) is 0 Å². The molecule has 0 atom stereocenters. The van der Waals surface area contributed by atoms with Gasteiger partial charge in [-0.2, -0.15) is 21.9 Å². The third-order valence-corrected chi connectivity index (χ3v) is 5.20. The summed E-state index contributed by atoms with van der Waals surface area (Å²) in [6.07, 6.45) is -1.22. The molecule has 0 heterocycles. The van der Waals surface area contributed by atoms with Crippen LogP contribution in [0.2, 0.25) is 0 Å². The molecule has 0 aromatic heterocycles. The van der Waals surface area contributed by atoms with Gasteiger partial charge in [0.2, 0.25) is 0 Å². The number of nitrogens with two attached hydrogens (primary N) is 1. The second-order valence-corrected chi connectivity index (χ2v) is 6.51. The molecule has 0 spiro atoms. The highest BCUT2D eigenvalue weighted by Crippen LogP contribution is 2.09. The summed E-state index contributed by atoms with van der Waals surface area (Å²) in [5.41, 5.74) is 9.86. The summed E-state index contributed by atoms with van der Waals surface area (Å²) in [5.74, 6) is 0. The second-order valence-electron chi connectivity index (χ2n) is 6.51. The first-order valence-electron chi connectivity index (χ1n) is 9.37. The van der Waals surface area contributed by atoms with Gasteiger partial charge in [0.15, 0.2) is 0 Å². The lowest BCUT2D eigenvalue weighted by atomic mass is 9.13. The molecule has 0 aliphatic carbocycles. The van der Waals surface area contributed by atoms with Crippen molar-refractivity contribution in [2.24, 2.45) is 5.73 Å². The summed E-state index contributed by atoms with van der Waals surface area (Å²) in [4.78, 5) is 0. The van der Waals surface area contributed by atoms with Crippen LogP contribution in [0.25, 0.3) is 0 Å². The molecule has 27 heavy (non-hydrogen) atoms. The van der Waals surface area contributed by atoms with E-state index in [2.05, 4.69) is 127 Å². The van der Waals surface area contributed by atoms with E-state index < -0.39 is 6.15 Å². The van der Waals surface area contributed by atoms with Gasteiger partial charge in [-0.15, -0.1) is 0 Å². The minimum atomic E-state index is -1.22. The highest BCUT2D eigenvalue weighted by Gasteiger charge is 2.30. The fraction of sp³-hybridized carbons (Fsp3) is 0.0400. The third-order valence-electron chi connectivity index (χ3n) is 5.20. The zero-order valence-corrected chi connectivity index (χ0v) is 15.7. The van der Waals surface area contributed by atoms with Crippen molar-refractivity contribution < 1.29 is 0 Å². The monoisotopic (exact) mass is 350 g/mol. The fourth-order valence-electron chi connectivity index (χ4n) is 4.12. The van der Waals surface area contributed by atoms with Crippen LogP contribution in [0.1, 0.15) is 0 Å². The highest BCUT2D eigenvalue weighted by atomic mass is 14.4. The van der Waals surface area contributed by atoms with Crippen molar-refractivity contribution in [3.05, 3.63) is 121 Å². The first-order valence-corrected chi connectivity index (χ1v) is 9.37. The Kier molecular flexibility index (Phi) is 6.24. The van der Waals surface area contributed by atoms with Crippen molar-refractivity contribution in [1.29, 1.82) is 0 Å². The number of benzene rings is 4. The highest BCUT2D eigenvalue weighted by molar-refractivity contribution is 7.19. The standard InChI is InChI=1S/C24H20B.CH5N/c1-5-13-21(14-6-1)25(22-15-7-2-8-16-22,23-17-9-3-10-18-23)24-19-11-4-12-20-24;1-2/h1-20H;2H2,1H3/q-1;. The first-order chi connectivity index (χ1) is 13.4.